The predicted octanol–water partition coefficient (Wildman–Crippen LogP) is 1.46. The fourth-order valence-electron chi connectivity index (χ4n) is 1.33. The van der Waals surface area contributed by atoms with Gasteiger partial charge in [0.2, 0.25) is 0 Å². The molecule has 2 N–H and O–H groups in total. The van der Waals surface area contributed by atoms with Crippen LogP contribution in [0.15, 0.2) is 17.2 Å². The van der Waals surface area contributed by atoms with Crippen LogP contribution in [0.5, 0.6) is 0 Å². The Balaban J connectivity index is 2.63. The Morgan fingerprint density at radius 3 is 2.75 bits per heavy atom. The number of aliphatic carboxylic acids is 1. The van der Waals surface area contributed by atoms with Gasteiger partial charge in [0.1, 0.15) is 6.04 Å². The van der Waals surface area contributed by atoms with Gasteiger partial charge in [-0.25, -0.2) is 4.98 Å². The molecule has 1 aromatic rings. The van der Waals surface area contributed by atoms with E-state index in [1.54, 1.807) is 7.05 Å². The summed E-state index contributed by atoms with van der Waals surface area (Å²) in [5.41, 5.74) is 2.10. The van der Waals surface area contributed by atoms with Gasteiger partial charge in [-0.15, -0.1) is 11.8 Å². The number of aromatic nitrogens is 1. The predicted molar refractivity (Wildman–Crippen MR) is 64.9 cm³/mol. The number of aryl methyl sites for hydroxylation is 2. The molecule has 0 aliphatic rings. The number of carboxylic acids is 1. The number of thioether (sulfide) groups is 1. The Labute approximate surface area is 99.5 Å². The highest BCUT2D eigenvalue weighted by molar-refractivity contribution is 7.99. The summed E-state index contributed by atoms with van der Waals surface area (Å²) in [4.78, 5) is 15.1. The maximum Gasteiger partial charge on any atom is 0.321 e. The van der Waals surface area contributed by atoms with Crippen LogP contribution in [0.2, 0.25) is 0 Å². The van der Waals surface area contributed by atoms with E-state index in [4.69, 9.17) is 5.11 Å². The molecular weight excluding hydrogens is 224 g/mol. The summed E-state index contributed by atoms with van der Waals surface area (Å²) in [6, 6.07) is 3.43. The Bertz CT molecular complexity index is 362. The SMILES string of the molecule is CNC(CSc1cc(C)cc(C)n1)C(=O)O. The summed E-state index contributed by atoms with van der Waals surface area (Å²) in [5.74, 6) is -0.360. The van der Waals surface area contributed by atoms with Crippen LogP contribution < -0.4 is 5.32 Å². The number of rotatable bonds is 5. The van der Waals surface area contributed by atoms with Crippen molar-refractivity contribution in [2.75, 3.05) is 12.8 Å². The van der Waals surface area contributed by atoms with Crippen molar-refractivity contribution in [1.29, 1.82) is 0 Å². The lowest BCUT2D eigenvalue weighted by atomic mass is 10.3. The van der Waals surface area contributed by atoms with E-state index in [0.29, 0.717) is 5.75 Å². The van der Waals surface area contributed by atoms with Gasteiger partial charge in [-0.2, -0.15) is 0 Å². The molecule has 1 heterocycles. The number of likely N-dealkylation sites (N-methyl/N-ethyl adjacent to an activating group) is 1. The van der Waals surface area contributed by atoms with Crippen LogP contribution in [0.3, 0.4) is 0 Å². The third-order valence-electron chi connectivity index (χ3n) is 2.12. The second kappa shape index (κ2) is 5.86. The van der Waals surface area contributed by atoms with Gasteiger partial charge < -0.3 is 10.4 Å². The first-order chi connectivity index (χ1) is 7.52. The fourth-order valence-corrected chi connectivity index (χ4v) is 2.45. The number of nitrogens with zero attached hydrogens (tertiary/aromatic N) is 1. The zero-order valence-electron chi connectivity index (χ0n) is 9.65. The van der Waals surface area contributed by atoms with Crippen molar-refractivity contribution in [3.63, 3.8) is 0 Å². The Morgan fingerprint density at radius 2 is 2.25 bits per heavy atom. The standard InChI is InChI=1S/C11H16N2O2S/c1-7-4-8(2)13-10(5-7)16-6-9(12-3)11(14)15/h4-5,9,12H,6H2,1-3H3,(H,14,15). The zero-order valence-corrected chi connectivity index (χ0v) is 10.5. The first-order valence-electron chi connectivity index (χ1n) is 5.01. The molecule has 1 aromatic heterocycles. The molecular formula is C11H16N2O2S. The third kappa shape index (κ3) is 3.83. The highest BCUT2D eigenvalue weighted by atomic mass is 32.2. The quantitative estimate of drug-likeness (QED) is 0.763. The molecule has 1 rings (SSSR count). The van der Waals surface area contributed by atoms with Crippen molar-refractivity contribution in [1.82, 2.24) is 10.3 Å². The summed E-state index contributed by atoms with van der Waals surface area (Å²) in [5, 5.41) is 12.5. The lowest BCUT2D eigenvalue weighted by Gasteiger charge is -2.10. The van der Waals surface area contributed by atoms with Crippen molar-refractivity contribution in [3.05, 3.63) is 23.4 Å². The van der Waals surface area contributed by atoms with Crippen LogP contribution in [0, 0.1) is 13.8 Å². The van der Waals surface area contributed by atoms with E-state index in [9.17, 15) is 4.79 Å². The number of hydrogen-bond donors (Lipinski definition) is 2. The number of pyridine rings is 1. The topological polar surface area (TPSA) is 62.2 Å². The van der Waals surface area contributed by atoms with Gasteiger partial charge in [0.25, 0.3) is 0 Å². The highest BCUT2D eigenvalue weighted by Gasteiger charge is 2.15. The van der Waals surface area contributed by atoms with Crippen molar-refractivity contribution < 1.29 is 9.90 Å². The van der Waals surface area contributed by atoms with E-state index in [-0.39, 0.29) is 0 Å². The molecule has 0 amide bonds. The second-order valence-corrected chi connectivity index (χ2v) is 4.65. The molecule has 4 nitrogen and oxygen atoms in total. The lowest BCUT2D eigenvalue weighted by Crippen LogP contribution is -2.35. The normalized spacial score (nSPS) is 12.4. The summed E-state index contributed by atoms with van der Waals surface area (Å²) < 4.78 is 0. The monoisotopic (exact) mass is 240 g/mol. The molecule has 0 fully saturated rings. The molecule has 16 heavy (non-hydrogen) atoms. The van der Waals surface area contributed by atoms with Crippen LogP contribution in [0.25, 0.3) is 0 Å². The van der Waals surface area contributed by atoms with Gasteiger partial charge >= 0.3 is 5.97 Å². The van der Waals surface area contributed by atoms with Crippen LogP contribution in [-0.2, 0) is 4.79 Å². The average Bonchev–Trinajstić information content (AvgIpc) is 2.16. The van der Waals surface area contributed by atoms with Crippen LogP contribution >= 0.6 is 11.8 Å². The van der Waals surface area contributed by atoms with Gasteiger partial charge in [0.15, 0.2) is 0 Å². The molecule has 5 heteroatoms. The Hall–Kier alpha value is -1.07. The van der Waals surface area contributed by atoms with Gasteiger partial charge in [-0.05, 0) is 38.6 Å². The summed E-state index contributed by atoms with van der Waals surface area (Å²) in [6.07, 6.45) is 0. The number of carboxylic acid groups (broad SMARTS) is 1. The van der Waals surface area contributed by atoms with Gasteiger partial charge in [-0.3, -0.25) is 4.79 Å². The minimum Gasteiger partial charge on any atom is -0.480 e. The molecule has 0 radical (unpaired) electrons. The zero-order chi connectivity index (χ0) is 12.1. The first-order valence-corrected chi connectivity index (χ1v) is 5.99. The molecule has 0 saturated heterocycles. The summed E-state index contributed by atoms with van der Waals surface area (Å²) >= 11 is 1.46. The molecule has 0 spiro atoms. The molecule has 0 aliphatic heterocycles. The molecule has 0 aromatic carbocycles. The average molecular weight is 240 g/mol. The van der Waals surface area contributed by atoms with E-state index in [1.807, 2.05) is 26.0 Å². The van der Waals surface area contributed by atoms with E-state index >= 15 is 0 Å². The Kier molecular flexibility index (Phi) is 4.76. The minimum atomic E-state index is -0.834. The van der Waals surface area contributed by atoms with Gasteiger partial charge in [-0.1, -0.05) is 0 Å². The van der Waals surface area contributed by atoms with Crippen molar-refractivity contribution >= 4 is 17.7 Å². The highest BCUT2D eigenvalue weighted by Crippen LogP contribution is 2.18. The van der Waals surface area contributed by atoms with E-state index in [0.717, 1.165) is 16.3 Å². The molecule has 88 valence electrons. The fraction of sp³-hybridized carbons (Fsp3) is 0.455. The van der Waals surface area contributed by atoms with Crippen molar-refractivity contribution in [2.45, 2.75) is 24.9 Å². The van der Waals surface area contributed by atoms with E-state index < -0.39 is 12.0 Å². The first kappa shape index (κ1) is 13.0. The van der Waals surface area contributed by atoms with Crippen molar-refractivity contribution in [3.8, 4) is 0 Å². The molecule has 1 atom stereocenters. The van der Waals surface area contributed by atoms with Crippen LogP contribution in [0.4, 0.5) is 0 Å². The molecule has 0 aliphatic carbocycles. The number of carbonyl (C=O) groups is 1. The van der Waals surface area contributed by atoms with Gasteiger partial charge in [0.05, 0.1) is 5.03 Å². The second-order valence-electron chi connectivity index (χ2n) is 3.61. The maximum atomic E-state index is 10.8. The summed E-state index contributed by atoms with van der Waals surface area (Å²) in [6.45, 7) is 3.94. The van der Waals surface area contributed by atoms with Crippen molar-refractivity contribution in [2.24, 2.45) is 0 Å². The van der Waals surface area contributed by atoms with Gasteiger partial charge in [0, 0.05) is 11.4 Å². The molecule has 0 bridgehead atoms. The molecule has 1 unspecified atom stereocenters. The largest absolute Gasteiger partial charge is 0.480 e. The minimum absolute atomic E-state index is 0.474. The smallest absolute Gasteiger partial charge is 0.321 e. The number of hydrogen-bond acceptors (Lipinski definition) is 4. The van der Waals surface area contributed by atoms with E-state index in [2.05, 4.69) is 10.3 Å². The Morgan fingerprint density at radius 1 is 1.56 bits per heavy atom. The number of nitrogens with one attached hydrogen (secondary N) is 1. The maximum absolute atomic E-state index is 10.8. The van der Waals surface area contributed by atoms with E-state index in [1.165, 1.54) is 11.8 Å². The van der Waals surface area contributed by atoms with Crippen LogP contribution in [-0.4, -0.2) is 34.9 Å². The van der Waals surface area contributed by atoms with Crippen LogP contribution in [0.1, 0.15) is 11.3 Å². The lowest BCUT2D eigenvalue weighted by molar-refractivity contribution is -0.138. The third-order valence-corrected chi connectivity index (χ3v) is 3.12. The summed E-state index contributed by atoms with van der Waals surface area (Å²) in [7, 11) is 1.65. The molecule has 0 saturated carbocycles.